The third kappa shape index (κ3) is 1.70. The smallest absolute Gasteiger partial charge is 0.325 e. The van der Waals surface area contributed by atoms with Gasteiger partial charge in [0.15, 0.2) is 0 Å². The summed E-state index contributed by atoms with van der Waals surface area (Å²) >= 11 is 0. The van der Waals surface area contributed by atoms with Crippen LogP contribution < -0.4 is 11.3 Å². The highest BCUT2D eigenvalue weighted by atomic mass is 16.4. The van der Waals surface area contributed by atoms with Gasteiger partial charge in [-0.2, -0.15) is 0 Å². The van der Waals surface area contributed by atoms with Crippen LogP contribution in [0.15, 0.2) is 23.1 Å². The first-order valence-electron chi connectivity index (χ1n) is 3.28. The lowest BCUT2D eigenvalue weighted by atomic mass is 10.1. The topological polar surface area (TPSA) is 96.2 Å². The van der Waals surface area contributed by atoms with Crippen LogP contribution in [0.2, 0.25) is 0 Å². The molecule has 0 fully saturated rings. The summed E-state index contributed by atoms with van der Waals surface area (Å²) in [6.45, 7) is 0. The van der Waals surface area contributed by atoms with Gasteiger partial charge in [0.05, 0.1) is 0 Å². The number of aromatic amines is 1. The van der Waals surface area contributed by atoms with Crippen molar-refractivity contribution in [3.05, 3.63) is 34.2 Å². The third-order valence-electron chi connectivity index (χ3n) is 1.43. The Kier molecular flexibility index (Phi) is 2.25. The summed E-state index contributed by atoms with van der Waals surface area (Å²) in [4.78, 5) is 23.3. The van der Waals surface area contributed by atoms with Crippen molar-refractivity contribution >= 4 is 5.97 Å². The van der Waals surface area contributed by atoms with E-state index in [1.165, 1.54) is 18.3 Å². The molecule has 4 N–H and O–H groups in total. The standard InChI is InChI=1S/C7H8N2O3/c8-6(7(11)12)4-1-2-5(10)9-3-4/h1-3,6H,8H2,(H,9,10)(H,11,12). The van der Waals surface area contributed by atoms with Crippen molar-refractivity contribution in [1.29, 1.82) is 0 Å². The van der Waals surface area contributed by atoms with Gasteiger partial charge in [0.25, 0.3) is 0 Å². The second kappa shape index (κ2) is 3.19. The lowest BCUT2D eigenvalue weighted by Crippen LogP contribution is -2.21. The molecule has 1 rings (SSSR count). The van der Waals surface area contributed by atoms with E-state index in [2.05, 4.69) is 4.98 Å². The number of carboxylic acid groups (broad SMARTS) is 1. The summed E-state index contributed by atoms with van der Waals surface area (Å²) in [5, 5.41) is 8.49. The molecule has 1 atom stereocenters. The average Bonchev–Trinajstić information content (AvgIpc) is 2.04. The molecule has 0 radical (unpaired) electrons. The quantitative estimate of drug-likeness (QED) is 0.552. The van der Waals surface area contributed by atoms with E-state index in [-0.39, 0.29) is 5.56 Å². The normalized spacial score (nSPS) is 12.4. The predicted octanol–water partition coefficient (Wildman–Crippen LogP) is -0.541. The van der Waals surface area contributed by atoms with Gasteiger partial charge in [-0.05, 0) is 11.6 Å². The molecule has 0 aliphatic carbocycles. The van der Waals surface area contributed by atoms with Crippen molar-refractivity contribution < 1.29 is 9.90 Å². The fourth-order valence-electron chi connectivity index (χ4n) is 0.759. The Morgan fingerprint density at radius 3 is 2.67 bits per heavy atom. The fraction of sp³-hybridized carbons (Fsp3) is 0.143. The zero-order valence-electron chi connectivity index (χ0n) is 6.15. The highest BCUT2D eigenvalue weighted by Crippen LogP contribution is 2.05. The average molecular weight is 168 g/mol. The lowest BCUT2D eigenvalue weighted by molar-refractivity contribution is -0.138. The van der Waals surface area contributed by atoms with Crippen LogP contribution in [0.1, 0.15) is 11.6 Å². The minimum absolute atomic E-state index is 0.281. The Hall–Kier alpha value is -1.62. The van der Waals surface area contributed by atoms with Gasteiger partial charge in [-0.15, -0.1) is 0 Å². The number of pyridine rings is 1. The molecule has 1 unspecified atom stereocenters. The molecule has 0 aromatic carbocycles. The highest BCUT2D eigenvalue weighted by molar-refractivity contribution is 5.74. The molecule has 0 saturated carbocycles. The van der Waals surface area contributed by atoms with Crippen LogP contribution in [0.4, 0.5) is 0 Å². The maximum atomic E-state index is 10.6. The second-order valence-corrected chi connectivity index (χ2v) is 2.30. The molecule has 1 aromatic rings. The van der Waals surface area contributed by atoms with Crippen molar-refractivity contribution in [1.82, 2.24) is 4.98 Å². The Labute approximate surface area is 67.8 Å². The molecule has 5 heteroatoms. The van der Waals surface area contributed by atoms with Crippen LogP contribution in [0.5, 0.6) is 0 Å². The van der Waals surface area contributed by atoms with Crippen molar-refractivity contribution in [3.63, 3.8) is 0 Å². The minimum atomic E-state index is -1.12. The number of carbonyl (C=O) groups is 1. The van der Waals surface area contributed by atoms with Gasteiger partial charge in [-0.1, -0.05) is 0 Å². The lowest BCUT2D eigenvalue weighted by Gasteiger charge is -2.04. The Morgan fingerprint density at radius 2 is 2.25 bits per heavy atom. The van der Waals surface area contributed by atoms with E-state index in [0.717, 1.165) is 0 Å². The number of hydrogen-bond donors (Lipinski definition) is 3. The summed E-state index contributed by atoms with van der Waals surface area (Å²) in [5.41, 5.74) is 5.36. The first-order valence-corrected chi connectivity index (χ1v) is 3.28. The van der Waals surface area contributed by atoms with E-state index >= 15 is 0 Å². The maximum Gasteiger partial charge on any atom is 0.325 e. The van der Waals surface area contributed by atoms with Crippen molar-refractivity contribution in [2.45, 2.75) is 6.04 Å². The van der Waals surface area contributed by atoms with Gasteiger partial charge < -0.3 is 15.8 Å². The number of rotatable bonds is 2. The third-order valence-corrected chi connectivity index (χ3v) is 1.43. The molecule has 1 aromatic heterocycles. The monoisotopic (exact) mass is 168 g/mol. The predicted molar refractivity (Wildman–Crippen MR) is 41.6 cm³/mol. The Bertz CT molecular complexity index is 324. The van der Waals surface area contributed by atoms with Crippen LogP contribution >= 0.6 is 0 Å². The SMILES string of the molecule is NC(C(=O)O)c1ccc(=O)[nH]c1. The number of carboxylic acids is 1. The molecule has 5 nitrogen and oxygen atoms in total. The molecule has 1 heterocycles. The summed E-state index contributed by atoms with van der Waals surface area (Å²) in [5.74, 6) is -1.12. The molecule has 0 amide bonds. The number of aliphatic carboxylic acids is 1. The number of hydrogen-bond acceptors (Lipinski definition) is 3. The fourth-order valence-corrected chi connectivity index (χ4v) is 0.759. The molecule has 12 heavy (non-hydrogen) atoms. The maximum absolute atomic E-state index is 10.6. The van der Waals surface area contributed by atoms with E-state index in [0.29, 0.717) is 5.56 Å². The van der Waals surface area contributed by atoms with E-state index in [1.807, 2.05) is 0 Å². The van der Waals surface area contributed by atoms with Crippen LogP contribution in [0.3, 0.4) is 0 Å². The largest absolute Gasteiger partial charge is 0.480 e. The number of nitrogens with two attached hydrogens (primary N) is 1. The molecule has 0 aliphatic heterocycles. The van der Waals surface area contributed by atoms with Gasteiger partial charge in [0.1, 0.15) is 6.04 Å². The summed E-state index contributed by atoms with van der Waals surface area (Å²) < 4.78 is 0. The number of H-pyrrole nitrogens is 1. The zero-order valence-corrected chi connectivity index (χ0v) is 6.15. The molecule has 0 aliphatic rings. The molecule has 0 saturated heterocycles. The van der Waals surface area contributed by atoms with Gasteiger partial charge in [-0.3, -0.25) is 9.59 Å². The van der Waals surface area contributed by atoms with Crippen LogP contribution in [-0.2, 0) is 4.79 Å². The number of nitrogens with one attached hydrogen (secondary N) is 1. The van der Waals surface area contributed by atoms with Gasteiger partial charge in [0.2, 0.25) is 5.56 Å². The van der Waals surface area contributed by atoms with Gasteiger partial charge >= 0.3 is 5.97 Å². The molecule has 0 spiro atoms. The molecule has 0 bridgehead atoms. The summed E-state index contributed by atoms with van der Waals surface area (Å²) in [7, 11) is 0. The van der Waals surface area contributed by atoms with Gasteiger partial charge in [-0.25, -0.2) is 0 Å². The Morgan fingerprint density at radius 1 is 1.58 bits per heavy atom. The van der Waals surface area contributed by atoms with Crippen LogP contribution in [0, 0.1) is 0 Å². The van der Waals surface area contributed by atoms with Crippen LogP contribution in [0.25, 0.3) is 0 Å². The van der Waals surface area contributed by atoms with E-state index in [9.17, 15) is 9.59 Å². The van der Waals surface area contributed by atoms with E-state index < -0.39 is 12.0 Å². The van der Waals surface area contributed by atoms with Crippen LogP contribution in [-0.4, -0.2) is 16.1 Å². The Balaban J connectivity index is 2.97. The summed E-state index contributed by atoms with van der Waals surface area (Å²) in [6, 6.07) is 1.54. The van der Waals surface area contributed by atoms with E-state index in [4.69, 9.17) is 10.8 Å². The summed E-state index contributed by atoms with van der Waals surface area (Å²) in [6.07, 6.45) is 1.29. The number of aromatic nitrogens is 1. The first kappa shape index (κ1) is 8.48. The first-order chi connectivity index (χ1) is 5.61. The van der Waals surface area contributed by atoms with Crippen molar-refractivity contribution in [2.24, 2.45) is 5.73 Å². The van der Waals surface area contributed by atoms with Crippen molar-refractivity contribution in [3.8, 4) is 0 Å². The molecule has 64 valence electrons. The zero-order chi connectivity index (χ0) is 9.14. The molecular weight excluding hydrogens is 160 g/mol. The van der Waals surface area contributed by atoms with E-state index in [1.54, 1.807) is 0 Å². The van der Waals surface area contributed by atoms with Crippen molar-refractivity contribution in [2.75, 3.05) is 0 Å². The minimum Gasteiger partial charge on any atom is -0.480 e. The van der Waals surface area contributed by atoms with Gasteiger partial charge in [0, 0.05) is 12.3 Å². The highest BCUT2D eigenvalue weighted by Gasteiger charge is 2.13. The second-order valence-electron chi connectivity index (χ2n) is 2.30. The molecular formula is C7H8N2O3.